The summed E-state index contributed by atoms with van der Waals surface area (Å²) in [5.74, 6) is 0.0450. The fourth-order valence-corrected chi connectivity index (χ4v) is 2.84. The third-order valence-electron chi connectivity index (χ3n) is 4.33. The number of anilines is 1. The second-order valence-electron chi connectivity index (χ2n) is 7.24. The molecule has 0 spiro atoms. The van der Waals surface area contributed by atoms with Gasteiger partial charge in [-0.05, 0) is 41.2 Å². The van der Waals surface area contributed by atoms with Crippen LogP contribution in [0.5, 0.6) is 0 Å². The number of hydrogen-bond donors (Lipinski definition) is 2. The lowest BCUT2D eigenvalue weighted by Gasteiger charge is -2.19. The summed E-state index contributed by atoms with van der Waals surface area (Å²) in [5, 5.41) is 4.06. The van der Waals surface area contributed by atoms with Crippen LogP contribution in [0.2, 0.25) is 0 Å². The molecule has 2 N–H and O–H groups in total. The lowest BCUT2D eigenvalue weighted by atomic mass is 9.86. The lowest BCUT2D eigenvalue weighted by molar-refractivity contribution is -0.116. The van der Waals surface area contributed by atoms with Crippen molar-refractivity contribution in [2.24, 2.45) is 0 Å². The van der Waals surface area contributed by atoms with Gasteiger partial charge in [-0.1, -0.05) is 51.1 Å². The number of H-pyrrole nitrogens is 1. The van der Waals surface area contributed by atoms with Gasteiger partial charge in [-0.25, -0.2) is 0 Å². The molecule has 0 saturated carbocycles. The van der Waals surface area contributed by atoms with Gasteiger partial charge < -0.3 is 10.3 Å². The largest absolute Gasteiger partial charge is 0.361 e. The van der Waals surface area contributed by atoms with Gasteiger partial charge in [0.05, 0.1) is 5.69 Å². The summed E-state index contributed by atoms with van der Waals surface area (Å²) in [6.07, 6.45) is 3.12. The molecule has 0 radical (unpaired) electrons. The Hall–Kier alpha value is -2.55. The molecule has 0 aliphatic rings. The second kappa shape index (κ2) is 6.52. The molecule has 0 atom stereocenters. The van der Waals surface area contributed by atoms with Gasteiger partial charge in [-0.15, -0.1) is 0 Å². The summed E-state index contributed by atoms with van der Waals surface area (Å²) in [5.41, 5.74) is 4.56. The zero-order valence-electron chi connectivity index (χ0n) is 14.5. The van der Waals surface area contributed by atoms with E-state index < -0.39 is 0 Å². The normalized spacial score (nSPS) is 11.6. The van der Waals surface area contributed by atoms with Crippen molar-refractivity contribution in [2.45, 2.75) is 39.0 Å². The standard InChI is InChI=1S/C21H24N2O/c1-21(2,3)16-10-7-15(8-11-16)9-12-20(24)23-19-6-4-5-18-17(19)13-14-22-18/h4-8,10-11,13-14,22H,9,12H2,1-3H3,(H,23,24). The molecular formula is C21H24N2O. The van der Waals surface area contributed by atoms with Gasteiger partial charge in [0.2, 0.25) is 5.91 Å². The summed E-state index contributed by atoms with van der Waals surface area (Å²) in [6.45, 7) is 6.62. The summed E-state index contributed by atoms with van der Waals surface area (Å²) in [4.78, 5) is 15.4. The summed E-state index contributed by atoms with van der Waals surface area (Å²) in [6, 6.07) is 16.4. The monoisotopic (exact) mass is 320 g/mol. The van der Waals surface area contributed by atoms with Gasteiger partial charge in [0.25, 0.3) is 0 Å². The molecule has 0 fully saturated rings. The van der Waals surface area contributed by atoms with Crippen molar-refractivity contribution in [2.75, 3.05) is 5.32 Å². The number of benzene rings is 2. The Bertz CT molecular complexity index is 838. The quantitative estimate of drug-likeness (QED) is 0.695. The van der Waals surface area contributed by atoms with Gasteiger partial charge in [-0.2, -0.15) is 0 Å². The maximum Gasteiger partial charge on any atom is 0.224 e. The number of hydrogen-bond acceptors (Lipinski definition) is 1. The molecule has 3 nitrogen and oxygen atoms in total. The number of aromatic amines is 1. The highest BCUT2D eigenvalue weighted by Crippen LogP contribution is 2.23. The van der Waals surface area contributed by atoms with E-state index in [0.29, 0.717) is 6.42 Å². The minimum Gasteiger partial charge on any atom is -0.361 e. The van der Waals surface area contributed by atoms with Gasteiger partial charge >= 0.3 is 0 Å². The van der Waals surface area contributed by atoms with E-state index in [1.165, 1.54) is 11.1 Å². The highest BCUT2D eigenvalue weighted by molar-refractivity contribution is 6.01. The minimum absolute atomic E-state index is 0.0450. The third kappa shape index (κ3) is 3.67. The average molecular weight is 320 g/mol. The van der Waals surface area contributed by atoms with Crippen molar-refractivity contribution < 1.29 is 4.79 Å². The molecule has 1 amide bonds. The molecule has 124 valence electrons. The maximum atomic E-state index is 12.3. The third-order valence-corrected chi connectivity index (χ3v) is 4.33. The van der Waals surface area contributed by atoms with Crippen molar-refractivity contribution >= 4 is 22.5 Å². The maximum absolute atomic E-state index is 12.3. The Morgan fingerprint density at radius 3 is 2.50 bits per heavy atom. The number of nitrogens with one attached hydrogen (secondary N) is 2. The number of fused-ring (bicyclic) bond motifs is 1. The van der Waals surface area contributed by atoms with Crippen LogP contribution in [0, 0.1) is 0 Å². The molecule has 3 aromatic rings. The van der Waals surface area contributed by atoms with Crippen LogP contribution in [-0.2, 0) is 16.6 Å². The van der Waals surface area contributed by atoms with E-state index in [0.717, 1.165) is 23.0 Å². The lowest BCUT2D eigenvalue weighted by Crippen LogP contribution is -2.13. The zero-order chi connectivity index (χ0) is 17.2. The van der Waals surface area contributed by atoms with Crippen molar-refractivity contribution in [1.82, 2.24) is 4.98 Å². The molecule has 0 saturated heterocycles. The van der Waals surface area contributed by atoms with E-state index in [9.17, 15) is 4.79 Å². The van der Waals surface area contributed by atoms with Crippen molar-refractivity contribution in [3.8, 4) is 0 Å². The van der Waals surface area contributed by atoms with Gasteiger partial charge in [0.15, 0.2) is 0 Å². The van der Waals surface area contributed by atoms with Crippen LogP contribution < -0.4 is 5.32 Å². The first-order valence-electron chi connectivity index (χ1n) is 8.39. The summed E-state index contributed by atoms with van der Waals surface area (Å²) >= 11 is 0. The molecule has 0 aliphatic carbocycles. The predicted octanol–water partition coefficient (Wildman–Crippen LogP) is 5.04. The Labute approximate surface area is 143 Å². The predicted molar refractivity (Wildman–Crippen MR) is 100 cm³/mol. The fraction of sp³-hybridized carbons (Fsp3) is 0.286. The molecule has 1 heterocycles. The van der Waals surface area contributed by atoms with Crippen molar-refractivity contribution in [1.29, 1.82) is 0 Å². The Kier molecular flexibility index (Phi) is 4.43. The Morgan fingerprint density at radius 1 is 1.04 bits per heavy atom. The van der Waals surface area contributed by atoms with Gasteiger partial charge in [0.1, 0.15) is 0 Å². The fourth-order valence-electron chi connectivity index (χ4n) is 2.84. The molecule has 0 bridgehead atoms. The summed E-state index contributed by atoms with van der Waals surface area (Å²) < 4.78 is 0. The van der Waals surface area contributed by atoms with E-state index in [4.69, 9.17) is 0 Å². The molecule has 3 heteroatoms. The first-order chi connectivity index (χ1) is 11.4. The van der Waals surface area contributed by atoms with Crippen LogP contribution in [-0.4, -0.2) is 10.9 Å². The first-order valence-corrected chi connectivity index (χ1v) is 8.39. The first kappa shape index (κ1) is 16.3. The van der Waals surface area contributed by atoms with E-state index in [1.807, 2.05) is 30.5 Å². The van der Waals surface area contributed by atoms with Crippen LogP contribution in [0.25, 0.3) is 10.9 Å². The van der Waals surface area contributed by atoms with Gasteiger partial charge in [-0.3, -0.25) is 4.79 Å². The Morgan fingerprint density at radius 2 is 1.79 bits per heavy atom. The highest BCUT2D eigenvalue weighted by atomic mass is 16.1. The van der Waals surface area contributed by atoms with E-state index in [-0.39, 0.29) is 11.3 Å². The van der Waals surface area contributed by atoms with Crippen LogP contribution in [0.1, 0.15) is 38.3 Å². The van der Waals surface area contributed by atoms with E-state index >= 15 is 0 Å². The van der Waals surface area contributed by atoms with E-state index in [1.54, 1.807) is 0 Å². The van der Waals surface area contributed by atoms with Crippen molar-refractivity contribution in [3.63, 3.8) is 0 Å². The number of amides is 1. The second-order valence-corrected chi connectivity index (χ2v) is 7.24. The molecular weight excluding hydrogens is 296 g/mol. The number of carbonyl (C=O) groups is 1. The van der Waals surface area contributed by atoms with Gasteiger partial charge in [0, 0.05) is 23.5 Å². The van der Waals surface area contributed by atoms with Crippen LogP contribution in [0.3, 0.4) is 0 Å². The minimum atomic E-state index is 0.0450. The molecule has 2 aromatic carbocycles. The molecule has 3 rings (SSSR count). The molecule has 24 heavy (non-hydrogen) atoms. The van der Waals surface area contributed by atoms with Crippen LogP contribution in [0.4, 0.5) is 5.69 Å². The molecule has 0 unspecified atom stereocenters. The number of rotatable bonds is 4. The SMILES string of the molecule is CC(C)(C)c1ccc(CCC(=O)Nc2cccc3[nH]ccc23)cc1. The number of aryl methyl sites for hydroxylation is 1. The topological polar surface area (TPSA) is 44.9 Å². The van der Waals surface area contributed by atoms with Crippen LogP contribution >= 0.6 is 0 Å². The average Bonchev–Trinajstić information content (AvgIpc) is 3.02. The zero-order valence-corrected chi connectivity index (χ0v) is 14.5. The van der Waals surface area contributed by atoms with Crippen molar-refractivity contribution in [3.05, 3.63) is 65.9 Å². The number of carbonyl (C=O) groups excluding carboxylic acids is 1. The number of aromatic nitrogens is 1. The van der Waals surface area contributed by atoms with E-state index in [2.05, 4.69) is 55.3 Å². The Balaban J connectivity index is 1.61. The summed E-state index contributed by atoms with van der Waals surface area (Å²) in [7, 11) is 0. The molecule has 0 aliphatic heterocycles. The highest BCUT2D eigenvalue weighted by Gasteiger charge is 2.13. The smallest absolute Gasteiger partial charge is 0.224 e. The molecule has 1 aromatic heterocycles. The van der Waals surface area contributed by atoms with Crippen LogP contribution in [0.15, 0.2) is 54.7 Å².